The van der Waals surface area contributed by atoms with Gasteiger partial charge in [-0.2, -0.15) is 0 Å². The van der Waals surface area contributed by atoms with Crippen molar-refractivity contribution in [2.45, 2.75) is 125 Å². The van der Waals surface area contributed by atoms with E-state index >= 15 is 0 Å². The highest BCUT2D eigenvalue weighted by molar-refractivity contribution is 5.79. The molecule has 0 bridgehead atoms. The monoisotopic (exact) mass is 924 g/mol. The van der Waals surface area contributed by atoms with Gasteiger partial charge in [-0.05, 0) is 34.2 Å². The second-order valence-electron chi connectivity index (χ2n) is 16.7. The molecular formula is C45H56N4O17. The van der Waals surface area contributed by atoms with Crippen LogP contribution in [-0.2, 0) is 44.6 Å². The standard InChI is InChI=1S/C45H56N4O17/c1-21(51)47-29-16-30(48-22(2)52)41(66-43-38(57)37(56)35(54)31(63-43)17-46-44(59)61-19-23-10-4-3-5-11-23)39(58)40(29)65-42-36(55)33(34(53)32(18-50)64-42)49-45(60)62-20-28-26-14-8-6-12-24(26)25-13-7-9-15-27(25)28/h3-15,28-43,50,53-58H,16-20H2,1-2H3,(H,46,59)(H,47,51)(H,48,52)(H,49,60)/t29-,30?,31?,32?,33-,34-,35-,36?,37+,38?,39-,40?,41-,42-,43-/m1/s1. The number of nitrogens with one attached hydrogen (secondary N) is 4. The van der Waals surface area contributed by atoms with E-state index < -0.39 is 129 Å². The summed E-state index contributed by atoms with van der Waals surface area (Å²) in [5.74, 6) is -1.49. The van der Waals surface area contributed by atoms with Crippen molar-refractivity contribution in [3.05, 3.63) is 95.6 Å². The van der Waals surface area contributed by atoms with Crippen molar-refractivity contribution < 1.29 is 83.3 Å². The number of ether oxygens (including phenoxy) is 6. The molecule has 3 fully saturated rings. The van der Waals surface area contributed by atoms with Crippen LogP contribution in [0, 0.1) is 0 Å². The van der Waals surface area contributed by atoms with Gasteiger partial charge in [0.1, 0.15) is 74.3 Å². The highest BCUT2D eigenvalue weighted by atomic mass is 16.7. The first-order valence-corrected chi connectivity index (χ1v) is 21.6. The van der Waals surface area contributed by atoms with E-state index in [4.69, 9.17) is 28.4 Å². The highest BCUT2D eigenvalue weighted by Crippen LogP contribution is 2.44. The van der Waals surface area contributed by atoms with Gasteiger partial charge in [-0.1, -0.05) is 78.9 Å². The third-order valence-electron chi connectivity index (χ3n) is 12.2. The lowest BCUT2D eigenvalue weighted by Crippen LogP contribution is -2.70. The molecule has 0 radical (unpaired) electrons. The maximum Gasteiger partial charge on any atom is 0.407 e. The minimum Gasteiger partial charge on any atom is -0.449 e. The molecule has 66 heavy (non-hydrogen) atoms. The summed E-state index contributed by atoms with van der Waals surface area (Å²) in [7, 11) is 0. The van der Waals surface area contributed by atoms with Gasteiger partial charge < -0.3 is 85.4 Å². The highest BCUT2D eigenvalue weighted by Gasteiger charge is 2.54. The Balaban J connectivity index is 1.05. The molecule has 0 aromatic heterocycles. The zero-order valence-electron chi connectivity index (χ0n) is 36.0. The van der Waals surface area contributed by atoms with Gasteiger partial charge in [0.25, 0.3) is 0 Å². The molecule has 6 unspecified atom stereocenters. The quantitative estimate of drug-likeness (QED) is 0.0887. The van der Waals surface area contributed by atoms with Gasteiger partial charge >= 0.3 is 12.2 Å². The summed E-state index contributed by atoms with van der Waals surface area (Å²) in [5, 5.41) is 87.8. The maximum absolute atomic E-state index is 13.4. The molecule has 15 atom stereocenters. The smallest absolute Gasteiger partial charge is 0.407 e. The molecule has 2 saturated heterocycles. The Hall–Kier alpha value is -5.30. The van der Waals surface area contributed by atoms with E-state index in [-0.39, 0.29) is 25.6 Å². The van der Waals surface area contributed by atoms with Gasteiger partial charge in [0.15, 0.2) is 12.6 Å². The molecule has 2 aliphatic heterocycles. The first kappa shape index (κ1) is 48.6. The largest absolute Gasteiger partial charge is 0.449 e. The summed E-state index contributed by atoms with van der Waals surface area (Å²) < 4.78 is 34.6. The average Bonchev–Trinajstić information content (AvgIpc) is 3.62. The molecule has 358 valence electrons. The lowest BCUT2D eigenvalue weighted by Gasteiger charge is -2.49. The van der Waals surface area contributed by atoms with Crippen molar-refractivity contribution >= 4 is 24.0 Å². The van der Waals surface area contributed by atoms with Crippen LogP contribution >= 0.6 is 0 Å². The number of amides is 4. The van der Waals surface area contributed by atoms with Crippen LogP contribution in [0.3, 0.4) is 0 Å². The average molecular weight is 925 g/mol. The fraction of sp³-hybridized carbons (Fsp3) is 0.511. The van der Waals surface area contributed by atoms with Gasteiger partial charge in [0, 0.05) is 26.3 Å². The molecular weight excluding hydrogens is 869 g/mol. The van der Waals surface area contributed by atoms with E-state index in [1.54, 1.807) is 30.3 Å². The number of aliphatic hydroxyl groups excluding tert-OH is 7. The van der Waals surface area contributed by atoms with E-state index in [1.165, 1.54) is 13.8 Å². The number of benzene rings is 3. The molecule has 2 aliphatic carbocycles. The van der Waals surface area contributed by atoms with E-state index in [0.717, 1.165) is 22.3 Å². The predicted molar refractivity (Wildman–Crippen MR) is 227 cm³/mol. The summed E-state index contributed by atoms with van der Waals surface area (Å²) >= 11 is 0. The first-order chi connectivity index (χ1) is 31.6. The van der Waals surface area contributed by atoms with Crippen molar-refractivity contribution in [3.8, 4) is 11.1 Å². The Morgan fingerprint density at radius 2 is 1.15 bits per heavy atom. The molecule has 2 heterocycles. The molecule has 11 N–H and O–H groups in total. The number of carbonyl (C=O) groups excluding carboxylic acids is 4. The number of carbonyl (C=O) groups is 4. The minimum absolute atomic E-state index is 0.0689. The van der Waals surface area contributed by atoms with Gasteiger partial charge in [0.2, 0.25) is 11.8 Å². The SMILES string of the molecule is CC(=O)NC1C[C@@H](NC(C)=O)C(O[C@H]2OC(CO)[C@@H](O)[C@@H](NC(=O)OCC3c4ccccc4-c4ccccc43)C2O)[C@@H](O)[C@@H]1O[C@H]1OC(CNC(=O)OCc2ccccc2)[C@@H](O)[C@H](O)C1O. The van der Waals surface area contributed by atoms with Crippen molar-refractivity contribution in [1.29, 1.82) is 0 Å². The summed E-state index contributed by atoms with van der Waals surface area (Å²) in [6, 6.07) is 20.3. The fourth-order valence-corrected chi connectivity index (χ4v) is 8.97. The normalized spacial score (nSPS) is 32.8. The zero-order chi connectivity index (χ0) is 47.2. The third kappa shape index (κ3) is 10.9. The van der Waals surface area contributed by atoms with Crippen molar-refractivity contribution in [3.63, 3.8) is 0 Å². The summed E-state index contributed by atoms with van der Waals surface area (Å²) in [6.07, 6.45) is -22.8. The van der Waals surface area contributed by atoms with Crippen LogP contribution in [0.2, 0.25) is 0 Å². The van der Waals surface area contributed by atoms with E-state index in [0.29, 0.717) is 5.56 Å². The Bertz CT molecular complexity index is 2110. The molecule has 1 saturated carbocycles. The summed E-state index contributed by atoms with van der Waals surface area (Å²) in [5.41, 5.74) is 4.59. The van der Waals surface area contributed by atoms with Crippen LogP contribution in [-0.4, -0.2) is 171 Å². The van der Waals surface area contributed by atoms with Gasteiger partial charge in [-0.3, -0.25) is 9.59 Å². The van der Waals surface area contributed by atoms with Crippen LogP contribution in [0.25, 0.3) is 11.1 Å². The van der Waals surface area contributed by atoms with Crippen LogP contribution in [0.1, 0.15) is 42.9 Å². The summed E-state index contributed by atoms with van der Waals surface area (Å²) in [4.78, 5) is 50.8. The Morgan fingerprint density at radius 3 is 1.73 bits per heavy atom. The lowest BCUT2D eigenvalue weighted by molar-refractivity contribution is -0.334. The fourth-order valence-electron chi connectivity index (χ4n) is 8.97. The number of aliphatic hydroxyl groups is 7. The Morgan fingerprint density at radius 1 is 0.606 bits per heavy atom. The van der Waals surface area contributed by atoms with Crippen LogP contribution in [0.15, 0.2) is 78.9 Å². The molecule has 21 nitrogen and oxygen atoms in total. The molecule has 21 heteroatoms. The second kappa shape index (κ2) is 21.6. The van der Waals surface area contributed by atoms with E-state index in [2.05, 4.69) is 21.3 Å². The topological polar surface area (TPSA) is 313 Å². The van der Waals surface area contributed by atoms with Crippen LogP contribution in [0.4, 0.5) is 9.59 Å². The first-order valence-electron chi connectivity index (χ1n) is 21.6. The minimum atomic E-state index is -1.95. The van der Waals surface area contributed by atoms with Gasteiger partial charge in [-0.25, -0.2) is 9.59 Å². The Kier molecular flexibility index (Phi) is 15.9. The predicted octanol–water partition coefficient (Wildman–Crippen LogP) is -1.39. The Labute approximate surface area is 378 Å². The lowest BCUT2D eigenvalue weighted by atomic mass is 9.83. The summed E-state index contributed by atoms with van der Waals surface area (Å²) in [6.45, 7) is 0.942. The van der Waals surface area contributed by atoms with Crippen molar-refractivity contribution in [1.82, 2.24) is 21.3 Å². The molecule has 3 aromatic carbocycles. The molecule has 0 spiro atoms. The second-order valence-corrected chi connectivity index (χ2v) is 16.7. The number of hydrogen-bond acceptors (Lipinski definition) is 17. The van der Waals surface area contributed by atoms with Gasteiger partial charge in [0.05, 0.1) is 24.7 Å². The molecule has 4 amide bonds. The van der Waals surface area contributed by atoms with E-state index in [1.807, 2.05) is 48.5 Å². The number of fused-ring (bicyclic) bond motifs is 3. The van der Waals surface area contributed by atoms with E-state index in [9.17, 15) is 54.9 Å². The molecule has 3 aromatic rings. The number of alkyl carbamates (subject to hydrolysis) is 2. The van der Waals surface area contributed by atoms with Gasteiger partial charge in [-0.15, -0.1) is 0 Å². The molecule has 4 aliphatic rings. The molecule has 7 rings (SSSR count). The zero-order valence-corrected chi connectivity index (χ0v) is 36.0. The van der Waals surface area contributed by atoms with Crippen LogP contribution < -0.4 is 21.3 Å². The van der Waals surface area contributed by atoms with Crippen LogP contribution in [0.5, 0.6) is 0 Å². The number of hydrogen-bond donors (Lipinski definition) is 11. The van der Waals surface area contributed by atoms with Crippen molar-refractivity contribution in [2.75, 3.05) is 19.8 Å². The maximum atomic E-state index is 13.4. The third-order valence-corrected chi connectivity index (χ3v) is 12.2. The van der Waals surface area contributed by atoms with Crippen molar-refractivity contribution in [2.24, 2.45) is 0 Å². The number of rotatable bonds is 14.